The van der Waals surface area contributed by atoms with Gasteiger partial charge in [-0.15, -0.1) is 0 Å². The molecular formula is C20H19N5O3. The highest BCUT2D eigenvalue weighted by molar-refractivity contribution is 5.93. The second-order valence-electron chi connectivity index (χ2n) is 6.57. The Morgan fingerprint density at radius 3 is 2.79 bits per heavy atom. The first-order valence-electron chi connectivity index (χ1n) is 8.76. The van der Waals surface area contributed by atoms with Crippen LogP contribution in [0.15, 0.2) is 47.4 Å². The van der Waals surface area contributed by atoms with E-state index in [0.29, 0.717) is 33.8 Å². The molecule has 0 spiro atoms. The van der Waals surface area contributed by atoms with E-state index in [4.69, 9.17) is 4.74 Å². The molecule has 8 heteroatoms. The summed E-state index contributed by atoms with van der Waals surface area (Å²) < 4.78 is 8.23. The van der Waals surface area contributed by atoms with Gasteiger partial charge in [0.1, 0.15) is 17.8 Å². The molecule has 1 amide bonds. The lowest BCUT2D eigenvalue weighted by Crippen LogP contribution is -2.29. The predicted octanol–water partition coefficient (Wildman–Crippen LogP) is 2.31. The van der Waals surface area contributed by atoms with Gasteiger partial charge in [0.15, 0.2) is 5.65 Å². The van der Waals surface area contributed by atoms with E-state index in [2.05, 4.69) is 15.4 Å². The second kappa shape index (κ2) is 6.80. The van der Waals surface area contributed by atoms with Gasteiger partial charge in [-0.25, -0.2) is 9.50 Å². The Kier molecular flexibility index (Phi) is 4.31. The van der Waals surface area contributed by atoms with E-state index in [1.165, 1.54) is 9.08 Å². The molecule has 3 heterocycles. The highest BCUT2D eigenvalue weighted by Crippen LogP contribution is 2.25. The maximum atomic E-state index is 13.0. The summed E-state index contributed by atoms with van der Waals surface area (Å²) in [6, 6.07) is 10.7. The molecule has 0 aliphatic heterocycles. The molecule has 0 unspecified atom stereocenters. The number of aryl methyl sites for hydroxylation is 2. The third-order valence-corrected chi connectivity index (χ3v) is 4.48. The third-order valence-electron chi connectivity index (χ3n) is 4.48. The van der Waals surface area contributed by atoms with Crippen molar-refractivity contribution in [1.29, 1.82) is 0 Å². The zero-order valence-electron chi connectivity index (χ0n) is 15.8. The fraction of sp³-hybridized carbons (Fsp3) is 0.200. The van der Waals surface area contributed by atoms with Crippen LogP contribution < -0.4 is 15.6 Å². The van der Waals surface area contributed by atoms with Gasteiger partial charge >= 0.3 is 0 Å². The van der Waals surface area contributed by atoms with Crippen LogP contribution >= 0.6 is 0 Å². The van der Waals surface area contributed by atoms with Crippen LogP contribution in [0.4, 0.5) is 5.69 Å². The zero-order valence-corrected chi connectivity index (χ0v) is 15.8. The average molecular weight is 377 g/mol. The zero-order chi connectivity index (χ0) is 19.8. The topological polar surface area (TPSA) is 90.5 Å². The number of benzene rings is 1. The van der Waals surface area contributed by atoms with E-state index in [1.54, 1.807) is 37.6 Å². The van der Waals surface area contributed by atoms with Crippen molar-refractivity contribution in [2.24, 2.45) is 0 Å². The molecule has 28 heavy (non-hydrogen) atoms. The van der Waals surface area contributed by atoms with Crippen LogP contribution in [0, 0.1) is 13.8 Å². The first-order chi connectivity index (χ1) is 13.5. The van der Waals surface area contributed by atoms with Crippen molar-refractivity contribution in [2.45, 2.75) is 20.4 Å². The molecule has 0 aliphatic carbocycles. The number of rotatable bonds is 4. The highest BCUT2D eigenvalue weighted by atomic mass is 16.5. The van der Waals surface area contributed by atoms with Gasteiger partial charge in [-0.05, 0) is 49.7 Å². The van der Waals surface area contributed by atoms with Gasteiger partial charge in [0, 0.05) is 6.20 Å². The molecule has 1 aromatic carbocycles. The van der Waals surface area contributed by atoms with Gasteiger partial charge in [-0.3, -0.25) is 14.2 Å². The summed E-state index contributed by atoms with van der Waals surface area (Å²) >= 11 is 0. The van der Waals surface area contributed by atoms with Gasteiger partial charge in [0.05, 0.1) is 24.0 Å². The van der Waals surface area contributed by atoms with E-state index in [9.17, 15) is 9.59 Å². The van der Waals surface area contributed by atoms with Crippen LogP contribution in [0.2, 0.25) is 0 Å². The number of ether oxygens (including phenoxy) is 1. The number of carbonyl (C=O) groups is 1. The van der Waals surface area contributed by atoms with E-state index in [1.807, 2.05) is 26.0 Å². The molecule has 0 atom stereocenters. The smallest absolute Gasteiger partial charge is 0.277 e. The molecule has 8 nitrogen and oxygen atoms in total. The Bertz CT molecular complexity index is 1270. The highest BCUT2D eigenvalue weighted by Gasteiger charge is 2.16. The summed E-state index contributed by atoms with van der Waals surface area (Å²) in [5.41, 5.74) is 3.39. The number of hydrogen-bond acceptors (Lipinski definition) is 5. The number of fused-ring (bicyclic) bond motifs is 3. The number of nitrogens with one attached hydrogen (secondary N) is 1. The second-order valence-corrected chi connectivity index (χ2v) is 6.57. The van der Waals surface area contributed by atoms with Gasteiger partial charge in [-0.1, -0.05) is 6.07 Å². The fourth-order valence-electron chi connectivity index (χ4n) is 3.23. The summed E-state index contributed by atoms with van der Waals surface area (Å²) in [7, 11) is 1.54. The number of amides is 1. The van der Waals surface area contributed by atoms with Crippen molar-refractivity contribution < 1.29 is 9.53 Å². The van der Waals surface area contributed by atoms with Gasteiger partial charge in [0.2, 0.25) is 5.91 Å². The maximum Gasteiger partial charge on any atom is 0.277 e. The molecule has 0 saturated carbocycles. The van der Waals surface area contributed by atoms with E-state index in [-0.39, 0.29) is 18.0 Å². The summed E-state index contributed by atoms with van der Waals surface area (Å²) in [6.45, 7) is 3.58. The Hall–Kier alpha value is -3.68. The van der Waals surface area contributed by atoms with Crippen molar-refractivity contribution in [3.63, 3.8) is 0 Å². The third kappa shape index (κ3) is 2.98. The molecule has 3 aromatic heterocycles. The van der Waals surface area contributed by atoms with E-state index < -0.39 is 0 Å². The number of methoxy groups -OCH3 is 1. The normalized spacial score (nSPS) is 11.1. The average Bonchev–Trinajstić information content (AvgIpc) is 3.07. The number of hydrogen-bond donors (Lipinski definition) is 1. The number of nitrogens with zero attached hydrogens (tertiary/aromatic N) is 4. The molecule has 0 radical (unpaired) electrons. The largest absolute Gasteiger partial charge is 0.495 e. The molecule has 4 aromatic rings. The van der Waals surface area contributed by atoms with Crippen LogP contribution in [-0.4, -0.2) is 32.2 Å². The molecule has 0 aliphatic rings. The molecule has 4 rings (SSSR count). The fourth-order valence-corrected chi connectivity index (χ4v) is 3.23. The monoisotopic (exact) mass is 377 g/mol. The molecule has 0 saturated heterocycles. The molecule has 1 N–H and O–H groups in total. The summed E-state index contributed by atoms with van der Waals surface area (Å²) in [6.07, 6.45) is 1.63. The van der Waals surface area contributed by atoms with Crippen LogP contribution in [0.25, 0.3) is 16.7 Å². The van der Waals surface area contributed by atoms with Crippen molar-refractivity contribution in [3.05, 3.63) is 64.2 Å². The quantitative estimate of drug-likeness (QED) is 0.589. The maximum absolute atomic E-state index is 13.0. The molecular weight excluding hydrogens is 358 g/mol. The van der Waals surface area contributed by atoms with Crippen molar-refractivity contribution in [3.8, 4) is 5.75 Å². The Morgan fingerprint density at radius 1 is 1.18 bits per heavy atom. The molecule has 0 bridgehead atoms. The van der Waals surface area contributed by atoms with Crippen molar-refractivity contribution in [1.82, 2.24) is 19.2 Å². The number of carbonyl (C=O) groups excluding carboxylic acids is 1. The summed E-state index contributed by atoms with van der Waals surface area (Å²) in [5.74, 6) is 0.219. The van der Waals surface area contributed by atoms with Gasteiger partial charge in [-0.2, -0.15) is 5.10 Å². The first-order valence-corrected chi connectivity index (χ1v) is 8.76. The molecule has 0 fully saturated rings. The van der Waals surface area contributed by atoms with Crippen LogP contribution in [0.1, 0.15) is 11.3 Å². The first kappa shape index (κ1) is 17.7. The lowest BCUT2D eigenvalue weighted by atomic mass is 10.2. The lowest BCUT2D eigenvalue weighted by molar-refractivity contribution is -0.116. The van der Waals surface area contributed by atoms with Crippen LogP contribution in [0.3, 0.4) is 0 Å². The predicted molar refractivity (Wildman–Crippen MR) is 106 cm³/mol. The summed E-state index contributed by atoms with van der Waals surface area (Å²) in [5, 5.41) is 7.18. The Balaban J connectivity index is 1.77. The Labute approximate surface area is 160 Å². The minimum absolute atomic E-state index is 0.154. The van der Waals surface area contributed by atoms with Crippen molar-refractivity contribution in [2.75, 3.05) is 12.4 Å². The SMILES string of the molecule is COc1ccc(C)cc1NC(=O)Cn1c(=O)c2cc(C)nn2c2ncccc21. The van der Waals surface area contributed by atoms with Gasteiger partial charge < -0.3 is 10.1 Å². The minimum Gasteiger partial charge on any atom is -0.495 e. The van der Waals surface area contributed by atoms with Crippen LogP contribution in [-0.2, 0) is 11.3 Å². The standard InChI is InChI=1S/C20H19N5O3/c1-12-6-7-17(28-3)14(9-12)22-18(26)11-24-15-5-4-8-21-19(15)25-16(20(24)27)10-13(2)23-25/h4-10H,11H2,1-3H3,(H,22,26). The summed E-state index contributed by atoms with van der Waals surface area (Å²) in [4.78, 5) is 30.1. The number of aromatic nitrogens is 4. The number of pyridine rings is 1. The van der Waals surface area contributed by atoms with E-state index in [0.717, 1.165) is 5.56 Å². The minimum atomic E-state index is -0.336. The number of anilines is 1. The van der Waals surface area contributed by atoms with Crippen LogP contribution in [0.5, 0.6) is 5.75 Å². The van der Waals surface area contributed by atoms with Gasteiger partial charge in [0.25, 0.3) is 5.56 Å². The lowest BCUT2D eigenvalue weighted by Gasteiger charge is -2.13. The van der Waals surface area contributed by atoms with E-state index >= 15 is 0 Å². The Morgan fingerprint density at radius 2 is 2.00 bits per heavy atom. The molecule has 142 valence electrons. The van der Waals surface area contributed by atoms with Crippen molar-refractivity contribution >= 4 is 28.3 Å².